The van der Waals surface area contributed by atoms with Crippen molar-refractivity contribution in [3.05, 3.63) is 57.7 Å². The van der Waals surface area contributed by atoms with E-state index in [0.29, 0.717) is 22.4 Å². The molecule has 0 unspecified atom stereocenters. The van der Waals surface area contributed by atoms with Crippen molar-refractivity contribution in [1.29, 1.82) is 0 Å². The fourth-order valence-corrected chi connectivity index (χ4v) is 2.71. The Kier molecular flexibility index (Phi) is 6.15. The van der Waals surface area contributed by atoms with Crippen LogP contribution in [0.15, 0.2) is 18.2 Å². The molecule has 0 saturated heterocycles. The summed E-state index contributed by atoms with van der Waals surface area (Å²) in [5, 5.41) is 0. The summed E-state index contributed by atoms with van der Waals surface area (Å²) in [6.45, 7) is 8.18. The lowest BCUT2D eigenvalue weighted by Gasteiger charge is -2.12. The van der Waals surface area contributed by atoms with Crippen LogP contribution in [0.5, 0.6) is 0 Å². The van der Waals surface area contributed by atoms with Crippen LogP contribution >= 0.6 is 0 Å². The van der Waals surface area contributed by atoms with Crippen LogP contribution in [0.25, 0.3) is 0 Å². The molecule has 1 heterocycles. The van der Waals surface area contributed by atoms with E-state index in [1.165, 1.54) is 19.1 Å². The Bertz CT molecular complexity index is 900. The first-order chi connectivity index (χ1) is 12.7. The zero-order chi connectivity index (χ0) is 20.3. The van der Waals surface area contributed by atoms with Crippen LogP contribution in [0.4, 0.5) is 4.39 Å². The topological polar surface area (TPSA) is 85.5 Å². The van der Waals surface area contributed by atoms with E-state index in [9.17, 15) is 18.8 Å². The predicted octanol–water partition coefficient (Wildman–Crippen LogP) is 3.68. The van der Waals surface area contributed by atoms with E-state index < -0.39 is 29.6 Å². The molecule has 27 heavy (non-hydrogen) atoms. The Morgan fingerprint density at radius 3 is 2.41 bits per heavy atom. The fraction of sp³-hybridized carbons (Fsp3) is 0.350. The molecular formula is C20H22FNO5. The van der Waals surface area contributed by atoms with Gasteiger partial charge in [-0.1, -0.05) is 6.07 Å². The number of aromatic amines is 1. The van der Waals surface area contributed by atoms with Crippen molar-refractivity contribution in [3.63, 3.8) is 0 Å². The third kappa shape index (κ3) is 4.24. The molecule has 0 bridgehead atoms. The number of halogens is 1. The Morgan fingerprint density at radius 2 is 1.81 bits per heavy atom. The van der Waals surface area contributed by atoms with Gasteiger partial charge in [0, 0.05) is 5.69 Å². The molecule has 144 valence electrons. The first-order valence-electron chi connectivity index (χ1n) is 8.55. The van der Waals surface area contributed by atoms with E-state index in [2.05, 4.69) is 4.98 Å². The van der Waals surface area contributed by atoms with Crippen LogP contribution in [0.1, 0.15) is 61.9 Å². The molecule has 0 fully saturated rings. The minimum Gasteiger partial charge on any atom is -0.462 e. The van der Waals surface area contributed by atoms with Crippen LogP contribution in [-0.4, -0.2) is 35.4 Å². The van der Waals surface area contributed by atoms with Crippen molar-refractivity contribution in [2.75, 3.05) is 6.61 Å². The number of aromatic nitrogens is 1. The predicted molar refractivity (Wildman–Crippen MR) is 96.6 cm³/mol. The number of carbonyl (C=O) groups is 3. The normalized spacial score (nSPS) is 11.8. The van der Waals surface area contributed by atoms with Gasteiger partial charge in [0.25, 0.3) is 0 Å². The van der Waals surface area contributed by atoms with E-state index in [0.717, 1.165) is 6.07 Å². The lowest BCUT2D eigenvalue weighted by atomic mass is 10.1. The van der Waals surface area contributed by atoms with Gasteiger partial charge in [0.05, 0.1) is 23.4 Å². The quantitative estimate of drug-likeness (QED) is 0.615. The summed E-state index contributed by atoms with van der Waals surface area (Å²) in [5.41, 5.74) is 1.81. The molecule has 0 amide bonds. The third-order valence-electron chi connectivity index (χ3n) is 4.22. The molecule has 1 aromatic heterocycles. The molecule has 0 spiro atoms. The molecule has 0 radical (unpaired) electrons. The molecule has 0 saturated carbocycles. The number of Topliss-reactive ketones (excluding diaryl/α,β-unsaturated/α-hetero) is 1. The molecule has 1 aromatic carbocycles. The molecule has 2 rings (SSSR count). The molecule has 1 atom stereocenters. The van der Waals surface area contributed by atoms with Gasteiger partial charge in [-0.05, 0) is 57.9 Å². The van der Waals surface area contributed by atoms with Gasteiger partial charge in [-0.3, -0.25) is 4.79 Å². The van der Waals surface area contributed by atoms with E-state index in [1.807, 2.05) is 0 Å². The van der Waals surface area contributed by atoms with Crippen molar-refractivity contribution in [3.8, 4) is 0 Å². The third-order valence-corrected chi connectivity index (χ3v) is 4.22. The van der Waals surface area contributed by atoms with Crippen LogP contribution < -0.4 is 0 Å². The number of ketones is 1. The molecule has 0 aliphatic carbocycles. The van der Waals surface area contributed by atoms with Crippen molar-refractivity contribution < 1.29 is 28.2 Å². The van der Waals surface area contributed by atoms with Gasteiger partial charge in [0.1, 0.15) is 5.82 Å². The summed E-state index contributed by atoms with van der Waals surface area (Å²) in [6.07, 6.45) is -1.12. The fourth-order valence-electron chi connectivity index (χ4n) is 2.71. The van der Waals surface area contributed by atoms with Gasteiger partial charge in [-0.2, -0.15) is 0 Å². The van der Waals surface area contributed by atoms with Gasteiger partial charge in [-0.25, -0.2) is 14.0 Å². The second-order valence-corrected chi connectivity index (χ2v) is 6.22. The highest BCUT2D eigenvalue weighted by Crippen LogP contribution is 2.21. The first kappa shape index (κ1) is 20.4. The molecule has 0 aliphatic heterocycles. The summed E-state index contributed by atoms with van der Waals surface area (Å²) >= 11 is 0. The number of hydrogen-bond acceptors (Lipinski definition) is 5. The van der Waals surface area contributed by atoms with Gasteiger partial charge < -0.3 is 14.5 Å². The summed E-state index contributed by atoms with van der Waals surface area (Å²) in [6, 6.07) is 3.96. The highest BCUT2D eigenvalue weighted by atomic mass is 19.1. The van der Waals surface area contributed by atoms with Crippen LogP contribution in [0.3, 0.4) is 0 Å². The Labute approximate surface area is 156 Å². The maximum atomic E-state index is 13.6. The van der Waals surface area contributed by atoms with Crippen molar-refractivity contribution in [2.45, 2.75) is 40.7 Å². The zero-order valence-corrected chi connectivity index (χ0v) is 15.9. The number of rotatable bonds is 6. The minimum atomic E-state index is -1.12. The van der Waals surface area contributed by atoms with Gasteiger partial charge >= 0.3 is 11.9 Å². The van der Waals surface area contributed by atoms with Crippen LogP contribution in [0, 0.1) is 26.6 Å². The minimum absolute atomic E-state index is 0.0179. The number of esters is 2. The Balaban J connectivity index is 2.20. The van der Waals surface area contributed by atoms with E-state index >= 15 is 0 Å². The molecular weight excluding hydrogens is 353 g/mol. The van der Waals surface area contributed by atoms with Crippen molar-refractivity contribution in [2.24, 2.45) is 0 Å². The maximum Gasteiger partial charge on any atom is 0.340 e. The lowest BCUT2D eigenvalue weighted by molar-refractivity contribution is 0.0316. The average molecular weight is 375 g/mol. The number of nitrogens with one attached hydrogen (secondary N) is 1. The zero-order valence-electron chi connectivity index (χ0n) is 15.9. The largest absolute Gasteiger partial charge is 0.462 e. The van der Waals surface area contributed by atoms with Crippen molar-refractivity contribution in [1.82, 2.24) is 4.98 Å². The van der Waals surface area contributed by atoms with Gasteiger partial charge in [0.2, 0.25) is 5.78 Å². The number of ether oxygens (including phenoxy) is 2. The highest BCUT2D eigenvalue weighted by molar-refractivity contribution is 6.04. The van der Waals surface area contributed by atoms with E-state index in [-0.39, 0.29) is 17.9 Å². The second-order valence-electron chi connectivity index (χ2n) is 6.22. The molecule has 0 aliphatic rings. The van der Waals surface area contributed by atoms with Crippen molar-refractivity contribution >= 4 is 17.7 Å². The molecule has 7 heteroatoms. The number of carbonyl (C=O) groups excluding carboxylic acids is 3. The second kappa shape index (κ2) is 8.16. The van der Waals surface area contributed by atoms with E-state index in [1.54, 1.807) is 27.7 Å². The number of H-pyrrole nitrogens is 1. The lowest BCUT2D eigenvalue weighted by Crippen LogP contribution is -2.25. The average Bonchev–Trinajstić information content (AvgIpc) is 2.91. The molecule has 6 nitrogen and oxygen atoms in total. The highest BCUT2D eigenvalue weighted by Gasteiger charge is 2.27. The summed E-state index contributed by atoms with van der Waals surface area (Å²) < 4.78 is 23.8. The monoisotopic (exact) mass is 375 g/mol. The van der Waals surface area contributed by atoms with Crippen LogP contribution in [-0.2, 0) is 9.47 Å². The maximum absolute atomic E-state index is 13.6. The molecule has 1 N–H and O–H groups in total. The Morgan fingerprint density at radius 1 is 1.15 bits per heavy atom. The number of benzene rings is 1. The van der Waals surface area contributed by atoms with Crippen LogP contribution in [0.2, 0.25) is 0 Å². The SMILES string of the molecule is CCOC(=O)c1c(C)[nH]c(C(=O)[C@H](C)OC(=O)c2ccc(C)c(F)c2)c1C. The first-order valence-corrected chi connectivity index (χ1v) is 8.55. The Hall–Kier alpha value is -2.96. The standard InChI is InChI=1S/C20H22FNO5/c1-6-26-20(25)16-11(3)17(22-12(16)4)18(23)13(5)27-19(24)14-8-7-10(2)15(21)9-14/h7-9,13,22H,6H2,1-5H3/t13-/m0/s1. The van der Waals surface area contributed by atoms with Gasteiger partial charge in [0.15, 0.2) is 6.10 Å². The molecule has 2 aromatic rings. The number of aryl methyl sites for hydroxylation is 2. The smallest absolute Gasteiger partial charge is 0.340 e. The van der Waals surface area contributed by atoms with E-state index in [4.69, 9.17) is 9.47 Å². The summed E-state index contributed by atoms with van der Waals surface area (Å²) in [5.74, 6) is -2.35. The number of hydrogen-bond donors (Lipinski definition) is 1. The summed E-state index contributed by atoms with van der Waals surface area (Å²) in [4.78, 5) is 39.7. The van der Waals surface area contributed by atoms with Gasteiger partial charge in [-0.15, -0.1) is 0 Å². The summed E-state index contributed by atoms with van der Waals surface area (Å²) in [7, 11) is 0.